The van der Waals surface area contributed by atoms with Crippen LogP contribution in [-0.2, 0) is 4.79 Å². The van der Waals surface area contributed by atoms with Crippen molar-refractivity contribution in [2.24, 2.45) is 0 Å². The van der Waals surface area contributed by atoms with E-state index in [0.29, 0.717) is 0 Å². The summed E-state index contributed by atoms with van der Waals surface area (Å²) < 4.78 is 5.79. The number of hydrogen-bond acceptors (Lipinski definition) is 3. The highest BCUT2D eigenvalue weighted by Crippen LogP contribution is 2.27. The van der Waals surface area contributed by atoms with Crippen molar-refractivity contribution < 1.29 is 9.53 Å². The van der Waals surface area contributed by atoms with Crippen LogP contribution in [0.5, 0.6) is 5.75 Å². The van der Waals surface area contributed by atoms with E-state index in [9.17, 15) is 4.79 Å². The molecule has 2 aromatic rings. The number of anilines is 1. The molecule has 0 heterocycles. The van der Waals surface area contributed by atoms with Gasteiger partial charge in [-0.15, -0.1) is 11.8 Å². The Balaban J connectivity index is 2.05. The molecular formula is C19H23NO2S. The Morgan fingerprint density at radius 2 is 1.83 bits per heavy atom. The monoisotopic (exact) mass is 329 g/mol. The first-order chi connectivity index (χ1) is 11.0. The molecule has 2 aromatic carbocycles. The summed E-state index contributed by atoms with van der Waals surface area (Å²) in [6.45, 7) is 7.89. The lowest BCUT2D eigenvalue weighted by atomic mass is 10.1. The van der Waals surface area contributed by atoms with E-state index in [-0.39, 0.29) is 5.91 Å². The summed E-state index contributed by atoms with van der Waals surface area (Å²) in [5.74, 6) is 1.54. The van der Waals surface area contributed by atoms with Gasteiger partial charge in [0.1, 0.15) is 5.75 Å². The molecule has 2 rings (SSSR count). The Bertz CT molecular complexity index is 665. The molecule has 0 saturated carbocycles. The SMILES string of the molecule is CCSc1ccccc1NC(=O)[C@H](C)Oc1cc(C)cc(C)c1. The second kappa shape index (κ2) is 8.06. The van der Waals surface area contributed by atoms with Crippen LogP contribution < -0.4 is 10.1 Å². The quantitative estimate of drug-likeness (QED) is 0.772. The van der Waals surface area contributed by atoms with Gasteiger partial charge in [-0.2, -0.15) is 0 Å². The summed E-state index contributed by atoms with van der Waals surface area (Å²) in [7, 11) is 0. The van der Waals surface area contributed by atoms with Crippen molar-refractivity contribution in [2.45, 2.75) is 38.7 Å². The van der Waals surface area contributed by atoms with E-state index in [4.69, 9.17) is 4.74 Å². The van der Waals surface area contributed by atoms with Crippen LogP contribution in [0.2, 0.25) is 0 Å². The van der Waals surface area contributed by atoms with Crippen molar-refractivity contribution >= 4 is 23.4 Å². The van der Waals surface area contributed by atoms with Gasteiger partial charge in [-0.25, -0.2) is 0 Å². The number of carbonyl (C=O) groups is 1. The number of nitrogens with one attached hydrogen (secondary N) is 1. The smallest absolute Gasteiger partial charge is 0.265 e. The lowest BCUT2D eigenvalue weighted by Gasteiger charge is -2.17. The van der Waals surface area contributed by atoms with Crippen molar-refractivity contribution in [3.8, 4) is 5.75 Å². The standard InChI is InChI=1S/C19H23NO2S/c1-5-23-18-9-7-6-8-17(18)20-19(21)15(4)22-16-11-13(2)10-14(3)12-16/h6-12,15H,5H2,1-4H3,(H,20,21)/t15-/m0/s1. The summed E-state index contributed by atoms with van der Waals surface area (Å²) in [5, 5.41) is 2.96. The molecule has 0 fully saturated rings. The zero-order valence-electron chi connectivity index (χ0n) is 14.1. The average molecular weight is 329 g/mol. The highest BCUT2D eigenvalue weighted by molar-refractivity contribution is 7.99. The molecule has 1 N–H and O–H groups in total. The van der Waals surface area contributed by atoms with Crippen LogP contribution in [-0.4, -0.2) is 17.8 Å². The van der Waals surface area contributed by atoms with Crippen molar-refractivity contribution in [1.29, 1.82) is 0 Å². The summed E-state index contributed by atoms with van der Waals surface area (Å²) in [6.07, 6.45) is -0.559. The van der Waals surface area contributed by atoms with Crippen molar-refractivity contribution in [1.82, 2.24) is 0 Å². The van der Waals surface area contributed by atoms with Crippen LogP contribution in [0.3, 0.4) is 0 Å². The van der Waals surface area contributed by atoms with E-state index in [2.05, 4.69) is 18.3 Å². The topological polar surface area (TPSA) is 38.3 Å². The fourth-order valence-electron chi connectivity index (χ4n) is 2.34. The second-order valence-electron chi connectivity index (χ2n) is 5.50. The predicted molar refractivity (Wildman–Crippen MR) is 97.5 cm³/mol. The van der Waals surface area contributed by atoms with Gasteiger partial charge in [-0.05, 0) is 61.9 Å². The molecule has 0 aromatic heterocycles. The maximum absolute atomic E-state index is 12.4. The third kappa shape index (κ3) is 5.03. The predicted octanol–water partition coefficient (Wildman–Crippen LogP) is 4.82. The van der Waals surface area contributed by atoms with E-state index in [1.54, 1.807) is 18.7 Å². The summed E-state index contributed by atoms with van der Waals surface area (Å²) in [6, 6.07) is 13.8. The lowest BCUT2D eigenvalue weighted by molar-refractivity contribution is -0.122. The number of amides is 1. The third-order valence-electron chi connectivity index (χ3n) is 3.32. The first-order valence-electron chi connectivity index (χ1n) is 7.77. The number of aryl methyl sites for hydroxylation is 2. The molecule has 1 atom stereocenters. The second-order valence-corrected chi connectivity index (χ2v) is 6.81. The molecule has 0 bridgehead atoms. The molecular weight excluding hydrogens is 306 g/mol. The minimum Gasteiger partial charge on any atom is -0.481 e. The van der Waals surface area contributed by atoms with Crippen LogP contribution >= 0.6 is 11.8 Å². The van der Waals surface area contributed by atoms with Crippen LogP contribution in [0.4, 0.5) is 5.69 Å². The molecule has 0 aliphatic heterocycles. The van der Waals surface area contributed by atoms with Crippen LogP contribution in [0, 0.1) is 13.8 Å². The first-order valence-corrected chi connectivity index (χ1v) is 8.75. The number of carbonyl (C=O) groups excluding carboxylic acids is 1. The molecule has 4 heteroatoms. The number of rotatable bonds is 6. The number of para-hydroxylation sites is 1. The highest BCUT2D eigenvalue weighted by Gasteiger charge is 2.16. The maximum atomic E-state index is 12.4. The van der Waals surface area contributed by atoms with E-state index in [0.717, 1.165) is 33.2 Å². The Morgan fingerprint density at radius 1 is 1.17 bits per heavy atom. The molecule has 23 heavy (non-hydrogen) atoms. The molecule has 3 nitrogen and oxygen atoms in total. The van der Waals surface area contributed by atoms with Gasteiger partial charge in [0.25, 0.3) is 5.91 Å². The van der Waals surface area contributed by atoms with Gasteiger partial charge in [0, 0.05) is 4.90 Å². The van der Waals surface area contributed by atoms with Gasteiger partial charge in [0.15, 0.2) is 6.10 Å². The minimum atomic E-state index is -0.559. The number of benzene rings is 2. The van der Waals surface area contributed by atoms with Crippen molar-refractivity contribution in [3.63, 3.8) is 0 Å². The van der Waals surface area contributed by atoms with E-state index < -0.39 is 6.10 Å². The van der Waals surface area contributed by atoms with Gasteiger partial charge in [-0.3, -0.25) is 4.79 Å². The molecule has 0 radical (unpaired) electrons. The lowest BCUT2D eigenvalue weighted by Crippen LogP contribution is -2.30. The van der Waals surface area contributed by atoms with Gasteiger partial charge >= 0.3 is 0 Å². The third-order valence-corrected chi connectivity index (χ3v) is 4.28. The van der Waals surface area contributed by atoms with Crippen LogP contribution in [0.15, 0.2) is 47.4 Å². The van der Waals surface area contributed by atoms with Crippen LogP contribution in [0.25, 0.3) is 0 Å². The van der Waals surface area contributed by atoms with Gasteiger partial charge in [-0.1, -0.05) is 25.1 Å². The first kappa shape index (κ1) is 17.4. The zero-order valence-corrected chi connectivity index (χ0v) is 14.9. The average Bonchev–Trinajstić information content (AvgIpc) is 2.48. The Hall–Kier alpha value is -1.94. The van der Waals surface area contributed by atoms with Crippen molar-refractivity contribution in [2.75, 3.05) is 11.1 Å². The van der Waals surface area contributed by atoms with E-state index in [1.165, 1.54) is 0 Å². The van der Waals surface area contributed by atoms with Crippen LogP contribution in [0.1, 0.15) is 25.0 Å². The number of thioether (sulfide) groups is 1. The Morgan fingerprint density at radius 3 is 2.48 bits per heavy atom. The van der Waals surface area contributed by atoms with Gasteiger partial charge in [0.2, 0.25) is 0 Å². The van der Waals surface area contributed by atoms with Gasteiger partial charge < -0.3 is 10.1 Å². The summed E-state index contributed by atoms with van der Waals surface area (Å²) >= 11 is 1.71. The Labute approximate surface area is 142 Å². The number of hydrogen-bond donors (Lipinski definition) is 1. The van der Waals surface area contributed by atoms with Gasteiger partial charge in [0.05, 0.1) is 5.69 Å². The molecule has 1 amide bonds. The van der Waals surface area contributed by atoms with E-state index in [1.807, 2.05) is 50.2 Å². The maximum Gasteiger partial charge on any atom is 0.265 e. The molecule has 0 saturated heterocycles. The zero-order chi connectivity index (χ0) is 16.8. The number of ether oxygens (including phenoxy) is 1. The molecule has 122 valence electrons. The largest absolute Gasteiger partial charge is 0.481 e. The molecule has 0 aliphatic carbocycles. The fraction of sp³-hybridized carbons (Fsp3) is 0.316. The summed E-state index contributed by atoms with van der Waals surface area (Å²) in [4.78, 5) is 13.5. The molecule has 0 spiro atoms. The van der Waals surface area contributed by atoms with E-state index >= 15 is 0 Å². The van der Waals surface area contributed by atoms with Crippen molar-refractivity contribution in [3.05, 3.63) is 53.6 Å². The summed E-state index contributed by atoms with van der Waals surface area (Å²) in [5.41, 5.74) is 3.08. The Kier molecular flexibility index (Phi) is 6.11. The normalized spacial score (nSPS) is 11.8. The molecule has 0 aliphatic rings. The fourth-order valence-corrected chi connectivity index (χ4v) is 3.10. The minimum absolute atomic E-state index is 0.145. The highest BCUT2D eigenvalue weighted by atomic mass is 32.2. The molecule has 0 unspecified atom stereocenters.